The Morgan fingerprint density at radius 3 is 2.89 bits per heavy atom. The fourth-order valence-corrected chi connectivity index (χ4v) is 5.65. The third kappa shape index (κ3) is 4.71. The van der Waals surface area contributed by atoms with Crippen LogP contribution in [0.15, 0.2) is 14.7 Å². The average Bonchev–Trinajstić information content (AvgIpc) is 3.09. The van der Waals surface area contributed by atoms with E-state index in [1.807, 2.05) is 6.26 Å². The van der Waals surface area contributed by atoms with Crippen molar-refractivity contribution in [3.8, 4) is 0 Å². The Labute approximate surface area is 130 Å². The van der Waals surface area contributed by atoms with Crippen molar-refractivity contribution in [2.75, 3.05) is 18.6 Å². The van der Waals surface area contributed by atoms with Crippen LogP contribution in [-0.4, -0.2) is 33.0 Å². The smallest absolute Gasteiger partial charge is 0.242 e. The third-order valence-electron chi connectivity index (χ3n) is 2.74. The van der Waals surface area contributed by atoms with Crippen molar-refractivity contribution in [1.29, 1.82) is 0 Å². The van der Waals surface area contributed by atoms with Gasteiger partial charge in [-0.25, -0.2) is 13.1 Å². The topological polar surface area (TPSA) is 58.2 Å². The van der Waals surface area contributed by atoms with Crippen molar-refractivity contribution >= 4 is 49.1 Å². The minimum absolute atomic E-state index is 0.353. The van der Waals surface area contributed by atoms with Gasteiger partial charge >= 0.3 is 0 Å². The highest BCUT2D eigenvalue weighted by atomic mass is 79.9. The summed E-state index contributed by atoms with van der Waals surface area (Å²) in [5, 5.41) is 3.39. The van der Waals surface area contributed by atoms with Gasteiger partial charge in [0.25, 0.3) is 0 Å². The molecule has 19 heavy (non-hydrogen) atoms. The summed E-state index contributed by atoms with van der Waals surface area (Å²) >= 11 is 6.45. The van der Waals surface area contributed by atoms with Crippen LogP contribution in [0.25, 0.3) is 0 Å². The molecule has 1 saturated carbocycles. The molecule has 0 aromatic carbocycles. The minimum Gasteiger partial charge on any atom is -0.309 e. The van der Waals surface area contributed by atoms with Gasteiger partial charge in [-0.15, -0.1) is 11.3 Å². The second-order valence-corrected chi connectivity index (χ2v) is 9.57. The predicted octanol–water partition coefficient (Wildman–Crippen LogP) is 2.40. The largest absolute Gasteiger partial charge is 0.309 e. The summed E-state index contributed by atoms with van der Waals surface area (Å²) in [5.74, 6) is 0.775. The van der Waals surface area contributed by atoms with Crippen molar-refractivity contribution in [3.05, 3.63) is 14.7 Å². The highest BCUT2D eigenvalue weighted by molar-refractivity contribution is 9.11. The van der Waals surface area contributed by atoms with Crippen molar-refractivity contribution in [2.24, 2.45) is 0 Å². The Bertz CT molecular complexity index is 526. The Balaban J connectivity index is 2.01. The molecule has 0 radical (unpaired) electrons. The summed E-state index contributed by atoms with van der Waals surface area (Å²) in [6.07, 6.45) is 4.42. The quantitative estimate of drug-likeness (QED) is 0.675. The average molecular weight is 385 g/mol. The number of hydrogen-bond donors (Lipinski definition) is 2. The van der Waals surface area contributed by atoms with Crippen LogP contribution in [0.3, 0.4) is 0 Å². The molecule has 4 nitrogen and oxygen atoms in total. The first-order valence-corrected chi connectivity index (χ1v) is 10.5. The summed E-state index contributed by atoms with van der Waals surface area (Å²) in [4.78, 5) is 1.40. The van der Waals surface area contributed by atoms with Gasteiger partial charge in [0, 0.05) is 29.8 Å². The van der Waals surface area contributed by atoms with E-state index in [-0.39, 0.29) is 0 Å². The number of thioether (sulfide) groups is 1. The normalized spacial score (nSPS) is 15.9. The molecule has 0 bridgehead atoms. The molecule has 1 aromatic heterocycles. The van der Waals surface area contributed by atoms with Crippen LogP contribution in [0.4, 0.5) is 0 Å². The first-order valence-electron chi connectivity index (χ1n) is 6.03. The number of thiophene rings is 1. The molecular weight excluding hydrogens is 368 g/mol. The number of hydrogen-bond acceptors (Lipinski definition) is 5. The molecule has 1 aromatic rings. The Kier molecular flexibility index (Phi) is 5.74. The predicted molar refractivity (Wildman–Crippen MR) is 85.5 cm³/mol. The van der Waals surface area contributed by atoms with E-state index in [4.69, 9.17) is 0 Å². The van der Waals surface area contributed by atoms with Gasteiger partial charge in [0.15, 0.2) is 0 Å². The van der Waals surface area contributed by atoms with Crippen molar-refractivity contribution in [2.45, 2.75) is 30.3 Å². The molecule has 1 aliphatic rings. The molecule has 1 heterocycles. The fourth-order valence-electron chi connectivity index (χ4n) is 1.56. The van der Waals surface area contributed by atoms with Gasteiger partial charge in [-0.3, -0.25) is 0 Å². The van der Waals surface area contributed by atoms with Gasteiger partial charge in [0.05, 0.1) is 3.79 Å². The van der Waals surface area contributed by atoms with Gasteiger partial charge < -0.3 is 5.32 Å². The van der Waals surface area contributed by atoms with E-state index in [9.17, 15) is 8.42 Å². The number of nitrogens with one attached hydrogen (secondary N) is 2. The molecule has 0 saturated heterocycles. The third-order valence-corrected chi connectivity index (χ3v) is 7.06. The summed E-state index contributed by atoms with van der Waals surface area (Å²) in [5.41, 5.74) is 0. The van der Waals surface area contributed by atoms with E-state index >= 15 is 0 Å². The van der Waals surface area contributed by atoms with E-state index in [1.165, 1.54) is 24.2 Å². The van der Waals surface area contributed by atoms with E-state index in [0.717, 1.165) is 17.2 Å². The Morgan fingerprint density at radius 1 is 1.53 bits per heavy atom. The summed E-state index contributed by atoms with van der Waals surface area (Å²) in [6.45, 7) is 1.20. The minimum atomic E-state index is -3.39. The molecule has 0 unspecified atom stereocenters. The molecular formula is C11H17BrN2O2S3. The SMILES string of the molecule is CSCCNS(=O)(=O)c1cc(CNC2CC2)sc1Br. The van der Waals surface area contributed by atoms with Crippen LogP contribution < -0.4 is 10.0 Å². The van der Waals surface area contributed by atoms with Gasteiger partial charge in [-0.2, -0.15) is 11.8 Å². The second kappa shape index (κ2) is 6.91. The summed E-state index contributed by atoms with van der Waals surface area (Å²) in [7, 11) is -3.39. The van der Waals surface area contributed by atoms with E-state index in [1.54, 1.807) is 17.8 Å². The summed E-state index contributed by atoms with van der Waals surface area (Å²) in [6, 6.07) is 2.38. The molecule has 1 fully saturated rings. The lowest BCUT2D eigenvalue weighted by Crippen LogP contribution is -2.25. The second-order valence-electron chi connectivity index (χ2n) is 4.40. The first-order chi connectivity index (χ1) is 9.03. The highest BCUT2D eigenvalue weighted by Gasteiger charge is 2.23. The van der Waals surface area contributed by atoms with Crippen LogP contribution in [-0.2, 0) is 16.6 Å². The molecule has 0 spiro atoms. The molecule has 2 N–H and O–H groups in total. The summed E-state index contributed by atoms with van der Waals surface area (Å²) < 4.78 is 27.5. The van der Waals surface area contributed by atoms with Gasteiger partial charge in [-0.05, 0) is 41.1 Å². The fraction of sp³-hybridized carbons (Fsp3) is 0.636. The highest BCUT2D eigenvalue weighted by Crippen LogP contribution is 2.32. The molecule has 0 amide bonds. The maximum atomic E-state index is 12.1. The zero-order valence-corrected chi connectivity index (χ0v) is 14.6. The maximum Gasteiger partial charge on any atom is 0.242 e. The van der Waals surface area contributed by atoms with Crippen LogP contribution in [0.2, 0.25) is 0 Å². The maximum absolute atomic E-state index is 12.1. The molecule has 8 heteroatoms. The van der Waals surface area contributed by atoms with E-state index in [2.05, 4.69) is 26.0 Å². The zero-order valence-electron chi connectivity index (χ0n) is 10.6. The number of halogens is 1. The number of rotatable bonds is 8. The van der Waals surface area contributed by atoms with Crippen LogP contribution in [0, 0.1) is 0 Å². The number of sulfonamides is 1. The monoisotopic (exact) mass is 384 g/mol. The molecule has 0 aliphatic heterocycles. The van der Waals surface area contributed by atoms with Crippen molar-refractivity contribution in [3.63, 3.8) is 0 Å². The van der Waals surface area contributed by atoms with E-state index < -0.39 is 10.0 Å². The van der Waals surface area contributed by atoms with E-state index in [0.29, 0.717) is 21.3 Å². The lowest BCUT2D eigenvalue weighted by molar-refractivity contribution is 0.584. The molecule has 2 rings (SSSR count). The van der Waals surface area contributed by atoms with Crippen LogP contribution in [0.1, 0.15) is 17.7 Å². The Morgan fingerprint density at radius 2 is 2.26 bits per heavy atom. The van der Waals surface area contributed by atoms with Crippen LogP contribution >= 0.6 is 39.0 Å². The zero-order chi connectivity index (χ0) is 13.9. The van der Waals surface area contributed by atoms with Gasteiger partial charge in [0.2, 0.25) is 10.0 Å². The molecule has 1 aliphatic carbocycles. The lowest BCUT2D eigenvalue weighted by atomic mass is 10.4. The van der Waals surface area contributed by atoms with Gasteiger partial charge in [-0.1, -0.05) is 0 Å². The van der Waals surface area contributed by atoms with Crippen molar-refractivity contribution < 1.29 is 8.42 Å². The van der Waals surface area contributed by atoms with Gasteiger partial charge in [0.1, 0.15) is 4.90 Å². The Hall–Kier alpha value is 0.400. The van der Waals surface area contributed by atoms with Crippen LogP contribution in [0.5, 0.6) is 0 Å². The lowest BCUT2D eigenvalue weighted by Gasteiger charge is -2.04. The first kappa shape index (κ1) is 15.8. The van der Waals surface area contributed by atoms with Crippen molar-refractivity contribution in [1.82, 2.24) is 10.0 Å². The molecule has 0 atom stereocenters. The molecule has 108 valence electrons. The standard InChI is InChI=1S/C11H17BrN2O2S3/c1-17-5-4-14-19(15,16)10-6-9(18-11(10)12)7-13-8-2-3-8/h6,8,13-14H,2-5,7H2,1H3.